The average Bonchev–Trinajstić information content (AvgIpc) is 2.79. The number of hydrogen-bond acceptors (Lipinski definition) is 3. The Morgan fingerprint density at radius 2 is 2.21 bits per heavy atom. The van der Waals surface area contributed by atoms with Crippen molar-refractivity contribution in [1.82, 2.24) is 19.9 Å². The zero-order valence-corrected chi connectivity index (χ0v) is 12.0. The van der Waals surface area contributed by atoms with Crippen molar-refractivity contribution in [2.75, 3.05) is 6.54 Å². The first kappa shape index (κ1) is 12.6. The largest absolute Gasteiger partial charge is 0.309 e. The fourth-order valence-electron chi connectivity index (χ4n) is 3.06. The zero-order valence-electron chi connectivity index (χ0n) is 12.0. The second-order valence-corrected chi connectivity index (χ2v) is 5.96. The topological polar surface area (TPSA) is 42.7 Å². The van der Waals surface area contributed by atoms with Crippen molar-refractivity contribution in [1.29, 1.82) is 0 Å². The molecule has 19 heavy (non-hydrogen) atoms. The first-order valence-corrected chi connectivity index (χ1v) is 7.20. The minimum Gasteiger partial charge on any atom is -0.309 e. The molecule has 4 heteroatoms. The van der Waals surface area contributed by atoms with Crippen LogP contribution in [-0.4, -0.2) is 21.1 Å². The molecule has 2 aromatic rings. The number of pyridine rings is 1. The van der Waals surface area contributed by atoms with E-state index in [1.807, 2.05) is 12.3 Å². The molecule has 3 heterocycles. The van der Waals surface area contributed by atoms with Crippen LogP contribution in [0, 0.1) is 0 Å². The lowest BCUT2D eigenvalue weighted by Crippen LogP contribution is -2.45. The molecule has 1 saturated heterocycles. The van der Waals surface area contributed by atoms with E-state index in [1.54, 1.807) is 0 Å². The maximum atomic E-state index is 4.87. The van der Waals surface area contributed by atoms with E-state index >= 15 is 0 Å². The normalized spacial score (nSPS) is 24.2. The Hall–Kier alpha value is -1.42. The van der Waals surface area contributed by atoms with Gasteiger partial charge in [0.1, 0.15) is 11.3 Å². The second-order valence-electron chi connectivity index (χ2n) is 5.96. The van der Waals surface area contributed by atoms with Crippen LogP contribution >= 0.6 is 0 Å². The quantitative estimate of drug-likeness (QED) is 0.900. The first-order valence-electron chi connectivity index (χ1n) is 7.20. The highest BCUT2D eigenvalue weighted by Crippen LogP contribution is 2.32. The third kappa shape index (κ3) is 2.04. The van der Waals surface area contributed by atoms with E-state index in [0.717, 1.165) is 30.0 Å². The summed E-state index contributed by atoms with van der Waals surface area (Å²) in [5.41, 5.74) is 1.98. The molecule has 1 unspecified atom stereocenters. The average molecular weight is 258 g/mol. The summed E-state index contributed by atoms with van der Waals surface area (Å²) in [4.78, 5) is 9.39. The van der Waals surface area contributed by atoms with Crippen LogP contribution in [0.3, 0.4) is 0 Å². The molecule has 0 radical (unpaired) electrons. The summed E-state index contributed by atoms with van der Waals surface area (Å²) < 4.78 is 2.29. The summed E-state index contributed by atoms with van der Waals surface area (Å²) in [6, 6.07) is 4.38. The minimum absolute atomic E-state index is 0.0246. The van der Waals surface area contributed by atoms with Crippen LogP contribution in [0.5, 0.6) is 0 Å². The molecular weight excluding hydrogens is 236 g/mol. The van der Waals surface area contributed by atoms with Gasteiger partial charge in [0.25, 0.3) is 0 Å². The van der Waals surface area contributed by atoms with Crippen LogP contribution in [0.2, 0.25) is 0 Å². The van der Waals surface area contributed by atoms with Gasteiger partial charge in [-0.25, -0.2) is 9.97 Å². The van der Waals surface area contributed by atoms with Gasteiger partial charge in [-0.1, -0.05) is 0 Å². The lowest BCUT2D eigenvalue weighted by molar-refractivity contribution is 0.258. The number of fused-ring (bicyclic) bond motifs is 1. The van der Waals surface area contributed by atoms with Crippen molar-refractivity contribution >= 4 is 11.2 Å². The molecule has 1 fully saturated rings. The maximum Gasteiger partial charge on any atom is 0.160 e. The first-order chi connectivity index (χ1) is 9.12. The van der Waals surface area contributed by atoms with Gasteiger partial charge in [-0.2, -0.15) is 0 Å². The summed E-state index contributed by atoms with van der Waals surface area (Å²) in [6.07, 6.45) is 5.51. The molecule has 0 bridgehead atoms. The molecule has 0 aliphatic carbocycles. The van der Waals surface area contributed by atoms with E-state index in [4.69, 9.17) is 4.98 Å². The lowest BCUT2D eigenvalue weighted by Gasteiger charge is -2.35. The van der Waals surface area contributed by atoms with Gasteiger partial charge in [0.05, 0.1) is 5.54 Å². The molecular formula is C15H22N4. The van der Waals surface area contributed by atoms with E-state index < -0.39 is 0 Å². The van der Waals surface area contributed by atoms with Gasteiger partial charge in [-0.15, -0.1) is 0 Å². The van der Waals surface area contributed by atoms with Crippen LogP contribution in [0.15, 0.2) is 18.3 Å². The van der Waals surface area contributed by atoms with Crippen molar-refractivity contribution in [2.45, 2.75) is 51.6 Å². The zero-order chi connectivity index (χ0) is 13.5. The van der Waals surface area contributed by atoms with E-state index in [9.17, 15) is 0 Å². The van der Waals surface area contributed by atoms with Crippen LogP contribution in [0.25, 0.3) is 11.2 Å². The van der Waals surface area contributed by atoms with Gasteiger partial charge >= 0.3 is 0 Å². The number of piperidine rings is 1. The van der Waals surface area contributed by atoms with Crippen molar-refractivity contribution in [2.24, 2.45) is 0 Å². The van der Waals surface area contributed by atoms with Gasteiger partial charge in [0.15, 0.2) is 5.65 Å². The highest BCUT2D eigenvalue weighted by Gasteiger charge is 2.34. The monoisotopic (exact) mass is 258 g/mol. The van der Waals surface area contributed by atoms with Crippen LogP contribution < -0.4 is 5.32 Å². The number of nitrogens with zero attached hydrogens (tertiary/aromatic N) is 3. The van der Waals surface area contributed by atoms with Crippen molar-refractivity contribution < 1.29 is 0 Å². The Morgan fingerprint density at radius 1 is 1.37 bits per heavy atom. The molecule has 0 saturated carbocycles. The van der Waals surface area contributed by atoms with Gasteiger partial charge < -0.3 is 9.88 Å². The fraction of sp³-hybridized carbons (Fsp3) is 0.600. The highest BCUT2D eigenvalue weighted by molar-refractivity contribution is 5.71. The molecule has 4 nitrogen and oxygen atoms in total. The van der Waals surface area contributed by atoms with Crippen LogP contribution in [0.1, 0.15) is 51.9 Å². The smallest absolute Gasteiger partial charge is 0.160 e. The number of rotatable bonds is 2. The number of hydrogen-bond donors (Lipinski definition) is 1. The van der Waals surface area contributed by atoms with E-state index in [0.29, 0.717) is 6.04 Å². The summed E-state index contributed by atoms with van der Waals surface area (Å²) in [6.45, 7) is 7.74. The third-order valence-corrected chi connectivity index (χ3v) is 4.08. The Morgan fingerprint density at radius 3 is 2.89 bits per heavy atom. The summed E-state index contributed by atoms with van der Waals surface area (Å²) in [7, 11) is 0. The number of imidazole rings is 1. The molecule has 0 amide bonds. The Labute approximate surface area is 114 Å². The number of aromatic nitrogens is 3. The molecule has 1 N–H and O–H groups in total. The van der Waals surface area contributed by atoms with Crippen molar-refractivity contribution in [3.8, 4) is 0 Å². The molecule has 1 aliphatic heterocycles. The summed E-state index contributed by atoms with van der Waals surface area (Å²) >= 11 is 0. The maximum absolute atomic E-state index is 4.87. The molecule has 2 aromatic heterocycles. The van der Waals surface area contributed by atoms with E-state index in [-0.39, 0.29) is 5.54 Å². The van der Waals surface area contributed by atoms with Gasteiger partial charge in [0.2, 0.25) is 0 Å². The van der Waals surface area contributed by atoms with E-state index in [1.165, 1.54) is 12.8 Å². The molecule has 3 rings (SSSR count). The van der Waals surface area contributed by atoms with Crippen LogP contribution in [-0.2, 0) is 5.54 Å². The molecule has 1 atom stereocenters. The highest BCUT2D eigenvalue weighted by atomic mass is 15.2. The summed E-state index contributed by atoms with van der Waals surface area (Å²) in [5.74, 6) is 1.14. The predicted molar refractivity (Wildman–Crippen MR) is 77.1 cm³/mol. The molecule has 0 spiro atoms. The summed E-state index contributed by atoms with van der Waals surface area (Å²) in [5, 5.41) is 3.66. The van der Waals surface area contributed by atoms with E-state index in [2.05, 4.69) is 41.7 Å². The molecule has 1 aliphatic rings. The van der Waals surface area contributed by atoms with Crippen LogP contribution in [0.4, 0.5) is 0 Å². The Kier molecular flexibility index (Phi) is 3.05. The van der Waals surface area contributed by atoms with Crippen molar-refractivity contribution in [3.05, 3.63) is 24.2 Å². The SMILES string of the molecule is CC(C)n1c(C2(C)CCCCN2)nc2cccnc21. The Bertz CT molecular complexity index is 579. The fourth-order valence-corrected chi connectivity index (χ4v) is 3.06. The second kappa shape index (κ2) is 4.60. The minimum atomic E-state index is -0.0246. The number of nitrogens with one attached hydrogen (secondary N) is 1. The molecule has 0 aromatic carbocycles. The predicted octanol–water partition coefficient (Wildman–Crippen LogP) is 3.00. The Balaban J connectivity index is 2.19. The molecule has 102 valence electrons. The third-order valence-electron chi connectivity index (χ3n) is 4.08. The standard InChI is InChI=1S/C15H22N4/c1-11(2)19-13-12(7-6-9-16-13)18-14(19)15(3)8-4-5-10-17-15/h6-7,9,11,17H,4-5,8,10H2,1-3H3. The van der Waals surface area contributed by atoms with Gasteiger partial charge in [-0.3, -0.25) is 0 Å². The van der Waals surface area contributed by atoms with Crippen molar-refractivity contribution in [3.63, 3.8) is 0 Å². The van der Waals surface area contributed by atoms with Gasteiger partial charge in [-0.05, 0) is 58.7 Å². The lowest BCUT2D eigenvalue weighted by atomic mass is 9.90. The van der Waals surface area contributed by atoms with Gasteiger partial charge in [0, 0.05) is 12.2 Å².